The summed E-state index contributed by atoms with van der Waals surface area (Å²) in [6, 6.07) is 15.4. The van der Waals surface area contributed by atoms with E-state index in [4.69, 9.17) is 15.0 Å². The van der Waals surface area contributed by atoms with Gasteiger partial charge in [-0.1, -0.05) is 94.8 Å². The second-order valence-corrected chi connectivity index (χ2v) is 10.7. The Balaban J connectivity index is 0.00000533. The largest absolute Gasteiger partial charge is 2.00 e. The quantitative estimate of drug-likeness (QED) is 0.281. The van der Waals surface area contributed by atoms with Crippen LogP contribution in [0.4, 0.5) is 11.4 Å². The molecule has 3 aromatic rings. The summed E-state index contributed by atoms with van der Waals surface area (Å²) in [4.78, 5) is 15.4. The Morgan fingerprint density at radius 2 is 0.878 bits per heavy atom. The van der Waals surface area contributed by atoms with Gasteiger partial charge in [-0.2, -0.15) is 0 Å². The van der Waals surface area contributed by atoms with Crippen LogP contribution in [0.5, 0.6) is 0 Å². The minimum Gasteiger partial charge on any atom is -1.00 e. The van der Waals surface area contributed by atoms with Crippen LogP contribution < -0.4 is 24.8 Å². The van der Waals surface area contributed by atoms with Crippen LogP contribution in [-0.4, -0.2) is 16.4 Å². The molecule has 0 aliphatic rings. The van der Waals surface area contributed by atoms with Crippen molar-refractivity contribution in [3.63, 3.8) is 0 Å². The zero-order valence-corrected chi connectivity index (χ0v) is 29.2. The molecule has 1 heterocycles. The minimum atomic E-state index is 0. The van der Waals surface area contributed by atoms with Gasteiger partial charge in [0.15, 0.2) is 0 Å². The number of rotatable bonds is 12. The number of aliphatic imine (C=N–C) groups is 2. The number of hydrogen-bond acceptors (Lipinski definition) is 3. The molecule has 0 atom stereocenters. The monoisotopic (exact) mass is 630 g/mol. The van der Waals surface area contributed by atoms with Crippen molar-refractivity contribution in [2.45, 2.75) is 107 Å². The number of hydrogen-bond donors (Lipinski definition) is 0. The van der Waals surface area contributed by atoms with Crippen LogP contribution in [-0.2, 0) is 44.2 Å². The number of pyridine rings is 1. The van der Waals surface area contributed by atoms with Crippen LogP contribution in [0, 0.1) is 13.8 Å². The maximum absolute atomic E-state index is 5.19. The molecule has 0 amide bonds. The third-order valence-electron chi connectivity index (χ3n) is 6.95. The number of halogens is 2. The third-order valence-corrected chi connectivity index (χ3v) is 6.95. The van der Waals surface area contributed by atoms with Crippen molar-refractivity contribution in [3.8, 4) is 0 Å². The summed E-state index contributed by atoms with van der Waals surface area (Å²) < 4.78 is 0. The van der Waals surface area contributed by atoms with Crippen LogP contribution >= 0.6 is 0 Å². The number of aromatic nitrogens is 1. The first kappa shape index (κ1) is 39.1. The molecule has 0 aliphatic carbocycles. The fourth-order valence-corrected chi connectivity index (χ4v) is 5.28. The van der Waals surface area contributed by atoms with Gasteiger partial charge in [0, 0.05) is 0 Å². The first-order chi connectivity index (χ1) is 18.3. The molecule has 0 saturated carbocycles. The molecule has 41 heavy (non-hydrogen) atoms. The Morgan fingerprint density at radius 3 is 1.15 bits per heavy atom. The number of aryl methyl sites for hydroxylation is 6. The summed E-state index contributed by atoms with van der Waals surface area (Å²) in [5, 5.41) is 0. The molecular formula is C35H47Cl2N3V. The molecule has 2 aromatic carbocycles. The molecular weight excluding hydrogens is 584 g/mol. The van der Waals surface area contributed by atoms with Crippen molar-refractivity contribution in [1.29, 1.82) is 0 Å². The first-order valence-corrected chi connectivity index (χ1v) is 14.6. The van der Waals surface area contributed by atoms with Gasteiger partial charge >= 0.3 is 18.6 Å². The summed E-state index contributed by atoms with van der Waals surface area (Å²) in [7, 11) is 0. The van der Waals surface area contributed by atoms with Gasteiger partial charge in [-0.15, -0.1) is 0 Å². The zero-order valence-electron chi connectivity index (χ0n) is 26.2. The smallest absolute Gasteiger partial charge is 1.00 e. The first-order valence-electron chi connectivity index (χ1n) is 14.6. The van der Waals surface area contributed by atoms with Crippen LogP contribution in [0.3, 0.4) is 0 Å². The normalized spacial score (nSPS) is 11.4. The van der Waals surface area contributed by atoms with Crippen molar-refractivity contribution < 1.29 is 43.4 Å². The Labute approximate surface area is 273 Å². The van der Waals surface area contributed by atoms with Crippen molar-refractivity contribution in [1.82, 2.24) is 4.98 Å². The SMILES string of the molecule is CCCc1cc(C)cc(CCC)c1N=C(C)c1cccc(C(C)=Nc2c(CCC)cc(C)cc2CCC)n1.[Cl-].[Cl-].[V+2]. The third kappa shape index (κ3) is 10.7. The molecule has 1 aromatic heterocycles. The van der Waals surface area contributed by atoms with Crippen molar-refractivity contribution in [3.05, 3.63) is 87.2 Å². The van der Waals surface area contributed by atoms with Gasteiger partial charge in [0.1, 0.15) is 0 Å². The second-order valence-electron chi connectivity index (χ2n) is 10.7. The van der Waals surface area contributed by atoms with Gasteiger partial charge in [-0.3, -0.25) is 9.98 Å². The molecule has 0 aliphatic heterocycles. The van der Waals surface area contributed by atoms with Crippen molar-refractivity contribution >= 4 is 22.8 Å². The van der Waals surface area contributed by atoms with E-state index < -0.39 is 0 Å². The van der Waals surface area contributed by atoms with E-state index in [0.29, 0.717) is 0 Å². The maximum atomic E-state index is 5.19. The van der Waals surface area contributed by atoms with Gasteiger partial charge in [-0.25, -0.2) is 4.98 Å². The van der Waals surface area contributed by atoms with Crippen LogP contribution in [0.15, 0.2) is 52.4 Å². The molecule has 0 bridgehead atoms. The molecule has 0 N–H and O–H groups in total. The average Bonchev–Trinajstić information content (AvgIpc) is 2.88. The van der Waals surface area contributed by atoms with Gasteiger partial charge in [0.2, 0.25) is 0 Å². The van der Waals surface area contributed by atoms with E-state index in [1.807, 2.05) is 0 Å². The van der Waals surface area contributed by atoms with E-state index >= 15 is 0 Å². The van der Waals surface area contributed by atoms with E-state index in [1.165, 1.54) is 33.4 Å². The Kier molecular flexibility index (Phi) is 18.4. The Bertz CT molecular complexity index is 1160. The molecule has 0 fully saturated rings. The number of benzene rings is 2. The van der Waals surface area contributed by atoms with Crippen molar-refractivity contribution in [2.24, 2.45) is 9.98 Å². The molecule has 1 radical (unpaired) electrons. The summed E-state index contributed by atoms with van der Waals surface area (Å²) >= 11 is 0. The van der Waals surface area contributed by atoms with Crippen molar-refractivity contribution in [2.75, 3.05) is 0 Å². The Hall–Kier alpha value is -1.91. The van der Waals surface area contributed by atoms with Gasteiger partial charge in [0.25, 0.3) is 0 Å². The second kappa shape index (κ2) is 19.3. The Morgan fingerprint density at radius 1 is 0.585 bits per heavy atom. The zero-order chi connectivity index (χ0) is 27.7. The fourth-order valence-electron chi connectivity index (χ4n) is 5.28. The molecule has 221 valence electrons. The molecule has 6 heteroatoms. The molecule has 3 nitrogen and oxygen atoms in total. The summed E-state index contributed by atoms with van der Waals surface area (Å²) in [6.45, 7) is 17.5. The van der Waals surface area contributed by atoms with Crippen LogP contribution in [0.25, 0.3) is 0 Å². The number of nitrogens with zero attached hydrogens (tertiary/aromatic N) is 3. The topological polar surface area (TPSA) is 37.6 Å². The van der Waals surface area contributed by atoms with E-state index in [1.54, 1.807) is 0 Å². The van der Waals surface area contributed by atoms with Crippen LogP contribution in [0.1, 0.15) is 112 Å². The molecule has 0 spiro atoms. The molecule has 0 unspecified atom stereocenters. The van der Waals surface area contributed by atoms with E-state index in [9.17, 15) is 0 Å². The van der Waals surface area contributed by atoms with Gasteiger partial charge < -0.3 is 24.8 Å². The molecule has 0 saturated heterocycles. The standard InChI is InChI=1S/C35H47N3.2ClH.V/c1-9-14-28-20-24(5)21-29(15-10-2)34(28)36-26(7)32-18-13-19-33(38-32)27(8)37-35-30(16-11-3)22-25(6)23-31(35)17-12-4;;;/h13,18-23H,9-12,14-17H2,1-8H3;2*1H;/q;;;+2/p-2. The fraction of sp³-hybridized carbons (Fsp3) is 0.457. The van der Waals surface area contributed by atoms with E-state index in [0.717, 1.165) is 85.6 Å². The van der Waals surface area contributed by atoms with E-state index in [2.05, 4.69) is 97.9 Å². The predicted molar refractivity (Wildman–Crippen MR) is 166 cm³/mol. The minimum absolute atomic E-state index is 0. The van der Waals surface area contributed by atoms with E-state index in [-0.39, 0.29) is 43.4 Å². The summed E-state index contributed by atoms with van der Waals surface area (Å²) in [5.74, 6) is 0. The van der Waals surface area contributed by atoms with Gasteiger partial charge in [-0.05, 0) is 87.8 Å². The van der Waals surface area contributed by atoms with Gasteiger partial charge in [0.05, 0.1) is 34.2 Å². The molecule has 3 rings (SSSR count). The maximum Gasteiger partial charge on any atom is 2.00 e. The average molecular weight is 632 g/mol. The predicted octanol–water partition coefficient (Wildman–Crippen LogP) is 3.80. The summed E-state index contributed by atoms with van der Waals surface area (Å²) in [6.07, 6.45) is 8.61. The van der Waals surface area contributed by atoms with Crippen LogP contribution in [0.2, 0.25) is 0 Å². The summed E-state index contributed by atoms with van der Waals surface area (Å²) in [5.41, 5.74) is 14.0.